The van der Waals surface area contributed by atoms with E-state index in [0.29, 0.717) is 24.3 Å². The van der Waals surface area contributed by atoms with Crippen LogP contribution >= 0.6 is 0 Å². The first-order valence-corrected chi connectivity index (χ1v) is 9.90. The van der Waals surface area contributed by atoms with E-state index in [-0.39, 0.29) is 17.6 Å². The second-order valence-corrected chi connectivity index (χ2v) is 7.34. The molecule has 0 saturated heterocycles. The first-order valence-electron chi connectivity index (χ1n) is 9.90. The van der Waals surface area contributed by atoms with Crippen molar-refractivity contribution in [3.05, 3.63) is 83.3 Å². The maximum atomic E-state index is 13.1. The lowest BCUT2D eigenvalue weighted by molar-refractivity contribution is 0.0752. The summed E-state index contributed by atoms with van der Waals surface area (Å²) in [6.45, 7) is 4.94. The van der Waals surface area contributed by atoms with Gasteiger partial charge in [-0.15, -0.1) is 0 Å². The summed E-state index contributed by atoms with van der Waals surface area (Å²) in [6, 6.07) is 16.8. The van der Waals surface area contributed by atoms with E-state index in [9.17, 15) is 9.59 Å². The molecule has 6 nitrogen and oxygen atoms in total. The number of aryl methyl sites for hydroxylation is 1. The number of rotatable bonds is 7. The molecule has 3 rings (SSSR count). The zero-order valence-corrected chi connectivity index (χ0v) is 17.8. The Morgan fingerprint density at radius 1 is 1.03 bits per heavy atom. The van der Waals surface area contributed by atoms with Crippen LogP contribution in [0.2, 0.25) is 0 Å². The van der Waals surface area contributed by atoms with E-state index >= 15 is 0 Å². The fourth-order valence-corrected chi connectivity index (χ4v) is 3.11. The number of nitrogens with one attached hydrogen (secondary N) is 1. The molecule has 0 saturated carbocycles. The van der Waals surface area contributed by atoms with Crippen molar-refractivity contribution in [2.24, 2.45) is 0 Å². The minimum absolute atomic E-state index is 0.0808. The predicted octanol–water partition coefficient (Wildman–Crippen LogP) is 4.57. The summed E-state index contributed by atoms with van der Waals surface area (Å²) in [7, 11) is 3.99. The van der Waals surface area contributed by atoms with Crippen molar-refractivity contribution >= 4 is 23.2 Å². The highest BCUT2D eigenvalue weighted by atomic mass is 16.3. The number of benzene rings is 2. The van der Waals surface area contributed by atoms with Crippen molar-refractivity contribution in [1.82, 2.24) is 4.90 Å². The molecule has 30 heavy (non-hydrogen) atoms. The third kappa shape index (κ3) is 4.89. The molecule has 2 aromatic carbocycles. The van der Waals surface area contributed by atoms with Crippen molar-refractivity contribution in [3.8, 4) is 0 Å². The lowest BCUT2D eigenvalue weighted by Gasteiger charge is -2.22. The van der Waals surface area contributed by atoms with Gasteiger partial charge in [0.15, 0.2) is 5.76 Å². The first kappa shape index (κ1) is 21.2. The zero-order chi connectivity index (χ0) is 21.7. The molecule has 1 N–H and O–H groups in total. The average molecular weight is 405 g/mol. The third-order valence-electron chi connectivity index (χ3n) is 4.97. The Bertz CT molecular complexity index is 1010. The molecule has 2 amide bonds. The van der Waals surface area contributed by atoms with Gasteiger partial charge in [0, 0.05) is 44.1 Å². The van der Waals surface area contributed by atoms with Crippen LogP contribution in [-0.4, -0.2) is 37.4 Å². The quantitative estimate of drug-likeness (QED) is 0.625. The molecule has 1 aromatic heterocycles. The molecule has 0 aliphatic carbocycles. The number of hydrogen-bond acceptors (Lipinski definition) is 4. The summed E-state index contributed by atoms with van der Waals surface area (Å²) in [6.07, 6.45) is 1.45. The van der Waals surface area contributed by atoms with Gasteiger partial charge in [-0.25, -0.2) is 0 Å². The predicted molar refractivity (Wildman–Crippen MR) is 119 cm³/mol. The van der Waals surface area contributed by atoms with Crippen LogP contribution in [0.5, 0.6) is 0 Å². The van der Waals surface area contributed by atoms with Crippen molar-refractivity contribution in [2.45, 2.75) is 20.4 Å². The van der Waals surface area contributed by atoms with E-state index in [1.54, 1.807) is 29.2 Å². The second-order valence-electron chi connectivity index (χ2n) is 7.34. The number of nitrogens with zero attached hydrogens (tertiary/aromatic N) is 2. The Morgan fingerprint density at radius 3 is 2.37 bits per heavy atom. The number of anilines is 2. The molecule has 0 atom stereocenters. The maximum absolute atomic E-state index is 13.1. The summed E-state index contributed by atoms with van der Waals surface area (Å²) in [5.41, 5.74) is 4.17. The Balaban J connectivity index is 1.76. The molecule has 0 spiro atoms. The maximum Gasteiger partial charge on any atom is 0.291 e. The summed E-state index contributed by atoms with van der Waals surface area (Å²) in [5.74, 6) is -0.203. The summed E-state index contributed by atoms with van der Waals surface area (Å²) in [5, 5.41) is 2.82. The molecule has 0 fully saturated rings. The molecule has 156 valence electrons. The Morgan fingerprint density at radius 2 is 1.77 bits per heavy atom. The molecular weight excluding hydrogens is 378 g/mol. The van der Waals surface area contributed by atoms with Crippen molar-refractivity contribution in [1.29, 1.82) is 0 Å². The fraction of sp³-hybridized carbons (Fsp3) is 0.250. The van der Waals surface area contributed by atoms with Crippen molar-refractivity contribution in [3.63, 3.8) is 0 Å². The van der Waals surface area contributed by atoms with E-state index in [0.717, 1.165) is 16.8 Å². The van der Waals surface area contributed by atoms with Crippen LogP contribution in [0.1, 0.15) is 39.0 Å². The Hall–Kier alpha value is -3.54. The summed E-state index contributed by atoms with van der Waals surface area (Å²) < 4.78 is 5.14. The van der Waals surface area contributed by atoms with Gasteiger partial charge in [-0.3, -0.25) is 9.59 Å². The highest BCUT2D eigenvalue weighted by Crippen LogP contribution is 2.21. The van der Waals surface area contributed by atoms with Crippen molar-refractivity contribution in [2.75, 3.05) is 30.9 Å². The molecular formula is C24H27N3O3. The van der Waals surface area contributed by atoms with Crippen LogP contribution < -0.4 is 10.2 Å². The van der Waals surface area contributed by atoms with Gasteiger partial charge in [0.2, 0.25) is 0 Å². The van der Waals surface area contributed by atoms with Crippen LogP contribution in [0.15, 0.2) is 65.3 Å². The van der Waals surface area contributed by atoms with Gasteiger partial charge in [-0.2, -0.15) is 0 Å². The molecule has 0 aliphatic heterocycles. The SMILES string of the molecule is CCN(Cc1ccc(N(C)C)cc1)C(=O)c1ccc(C)c(NC(=O)c2ccco2)c1. The van der Waals surface area contributed by atoms with Gasteiger partial charge >= 0.3 is 0 Å². The van der Waals surface area contributed by atoms with E-state index in [2.05, 4.69) is 5.32 Å². The van der Waals surface area contributed by atoms with Gasteiger partial charge in [0.1, 0.15) is 0 Å². The van der Waals surface area contributed by atoms with Gasteiger partial charge in [-0.1, -0.05) is 18.2 Å². The van der Waals surface area contributed by atoms with E-state index < -0.39 is 0 Å². The number of amides is 2. The number of furan rings is 1. The van der Waals surface area contributed by atoms with Gasteiger partial charge in [0.05, 0.1) is 6.26 Å². The topological polar surface area (TPSA) is 65.8 Å². The lowest BCUT2D eigenvalue weighted by atomic mass is 10.1. The first-order chi connectivity index (χ1) is 14.4. The smallest absolute Gasteiger partial charge is 0.291 e. The largest absolute Gasteiger partial charge is 0.459 e. The zero-order valence-electron chi connectivity index (χ0n) is 17.8. The minimum Gasteiger partial charge on any atom is -0.459 e. The molecule has 0 radical (unpaired) electrons. The second kappa shape index (κ2) is 9.31. The van der Waals surface area contributed by atoms with Gasteiger partial charge in [0.25, 0.3) is 11.8 Å². The highest BCUT2D eigenvalue weighted by molar-refractivity contribution is 6.03. The molecule has 0 unspecified atom stereocenters. The summed E-state index contributed by atoms with van der Waals surface area (Å²) >= 11 is 0. The van der Waals surface area contributed by atoms with E-state index in [1.165, 1.54) is 6.26 Å². The van der Waals surface area contributed by atoms with Crippen LogP contribution in [0, 0.1) is 6.92 Å². The van der Waals surface area contributed by atoms with Crippen LogP contribution in [-0.2, 0) is 6.54 Å². The summed E-state index contributed by atoms with van der Waals surface area (Å²) in [4.78, 5) is 29.3. The Labute approximate surface area is 177 Å². The number of carbonyl (C=O) groups excluding carboxylic acids is 2. The monoisotopic (exact) mass is 405 g/mol. The molecule has 1 heterocycles. The third-order valence-corrected chi connectivity index (χ3v) is 4.97. The van der Waals surface area contributed by atoms with Crippen LogP contribution in [0.3, 0.4) is 0 Å². The molecule has 3 aromatic rings. The van der Waals surface area contributed by atoms with E-state index in [1.807, 2.05) is 63.2 Å². The number of hydrogen-bond donors (Lipinski definition) is 1. The molecule has 0 bridgehead atoms. The van der Waals surface area contributed by atoms with Gasteiger partial charge in [-0.05, 0) is 61.4 Å². The Kier molecular flexibility index (Phi) is 6.57. The van der Waals surface area contributed by atoms with Gasteiger partial charge < -0.3 is 19.5 Å². The normalized spacial score (nSPS) is 10.5. The highest BCUT2D eigenvalue weighted by Gasteiger charge is 2.17. The van der Waals surface area contributed by atoms with Crippen LogP contribution in [0.25, 0.3) is 0 Å². The van der Waals surface area contributed by atoms with Crippen molar-refractivity contribution < 1.29 is 14.0 Å². The molecule has 0 aliphatic rings. The minimum atomic E-state index is -0.346. The average Bonchev–Trinajstić information content (AvgIpc) is 3.28. The van der Waals surface area contributed by atoms with E-state index in [4.69, 9.17) is 4.42 Å². The standard InChI is InChI=1S/C24H27N3O3/c1-5-27(16-18-9-12-20(13-10-18)26(3)4)24(29)19-11-8-17(2)21(15-19)25-23(28)22-7-6-14-30-22/h6-15H,5,16H2,1-4H3,(H,25,28). The van der Waals surface area contributed by atoms with Crippen LogP contribution in [0.4, 0.5) is 11.4 Å². The number of carbonyl (C=O) groups is 2. The fourth-order valence-electron chi connectivity index (χ4n) is 3.11. The molecule has 6 heteroatoms. The lowest BCUT2D eigenvalue weighted by Crippen LogP contribution is -2.30.